The number of nitrogens with zero attached hydrogens (tertiary/aromatic N) is 6. The molecule has 9 rings (SSSR count). The number of furan rings is 1. The van der Waals surface area contributed by atoms with Crippen LogP contribution in [0.5, 0.6) is 0 Å². The van der Waals surface area contributed by atoms with E-state index in [4.69, 9.17) is 24.4 Å². The Morgan fingerprint density at radius 2 is 1.52 bits per heavy atom. The predicted octanol–water partition coefficient (Wildman–Crippen LogP) is 14.2. The summed E-state index contributed by atoms with van der Waals surface area (Å²) in [7, 11) is -1.38. The molecule has 0 fully saturated rings. The smallest absolute Gasteiger partial charge is 0.141 e. The Kier molecular flexibility index (Phi) is 13.9. The molecule has 0 saturated carbocycles. The van der Waals surface area contributed by atoms with Gasteiger partial charge in [-0.25, -0.2) is 0 Å². The fourth-order valence-corrected chi connectivity index (χ4v) is 10.4. The number of pyridine rings is 4. The van der Waals surface area contributed by atoms with Crippen LogP contribution in [0.15, 0.2) is 102 Å². The third kappa shape index (κ3) is 9.76. The SMILES string of the molecule is Cc1c[c-]c(-c2cc(CC(C)C)c([Si](C)(C)C)cn2)c(C)n1.Cc1ccc(C)c2c1oc1n[c-]c(-c3nc4cnc(C(C)C)cc4n3-c3ccc(-c4ccccc4)cc3C(C)(C)C)cc12.[Ir]. The normalized spacial score (nSPS) is 12.0. The van der Waals surface area contributed by atoms with Crippen molar-refractivity contribution >= 4 is 46.4 Å². The van der Waals surface area contributed by atoms with Crippen molar-refractivity contribution in [1.29, 1.82) is 0 Å². The minimum absolute atomic E-state index is 0. The number of benzene rings is 3. The van der Waals surface area contributed by atoms with Gasteiger partial charge in [-0.1, -0.05) is 148 Å². The fraction of sp³-hybridized carbons (Fsp3) is 0.316. The molecule has 0 unspecified atom stereocenters. The summed E-state index contributed by atoms with van der Waals surface area (Å²) in [6.45, 7) is 31.1. The van der Waals surface area contributed by atoms with Gasteiger partial charge in [-0.15, -0.1) is 23.8 Å². The molecule has 0 aliphatic heterocycles. The maximum absolute atomic E-state index is 6.21. The Balaban J connectivity index is 0.000000239. The summed E-state index contributed by atoms with van der Waals surface area (Å²) >= 11 is 0. The van der Waals surface area contributed by atoms with Crippen LogP contribution in [-0.2, 0) is 31.9 Å². The van der Waals surface area contributed by atoms with Gasteiger partial charge in [0.15, 0.2) is 0 Å². The molecule has 0 N–H and O–H groups in total. The number of aromatic nitrogens is 6. The van der Waals surface area contributed by atoms with E-state index in [9.17, 15) is 0 Å². The first kappa shape index (κ1) is 48.3. The maximum atomic E-state index is 6.21. The molecule has 6 heterocycles. The zero-order valence-corrected chi connectivity index (χ0v) is 44.4. The van der Waals surface area contributed by atoms with E-state index < -0.39 is 8.07 Å². The van der Waals surface area contributed by atoms with Crippen molar-refractivity contribution in [3.63, 3.8) is 0 Å². The molecular weight excluding hydrogens is 1000 g/mol. The number of aryl methyl sites for hydroxylation is 4. The molecule has 0 aliphatic carbocycles. The van der Waals surface area contributed by atoms with Gasteiger partial charge in [-0.05, 0) is 117 Å². The molecule has 6 aromatic heterocycles. The van der Waals surface area contributed by atoms with Crippen LogP contribution in [0.4, 0.5) is 0 Å². The van der Waals surface area contributed by atoms with Crippen LogP contribution in [0.25, 0.3) is 72.6 Å². The van der Waals surface area contributed by atoms with E-state index in [1.807, 2.05) is 26.1 Å². The van der Waals surface area contributed by atoms with Gasteiger partial charge in [0.2, 0.25) is 0 Å². The quantitative estimate of drug-likeness (QED) is 0.111. The Bertz CT molecular complexity index is 3210. The van der Waals surface area contributed by atoms with Crippen LogP contribution in [-0.4, -0.2) is 37.6 Å². The number of rotatable bonds is 8. The first-order chi connectivity index (χ1) is 30.8. The Labute approximate surface area is 406 Å². The minimum Gasteiger partial charge on any atom is -0.482 e. The summed E-state index contributed by atoms with van der Waals surface area (Å²) in [6, 6.07) is 33.4. The summed E-state index contributed by atoms with van der Waals surface area (Å²) in [5.74, 6) is 1.71. The maximum Gasteiger partial charge on any atom is 0.141 e. The zero-order valence-electron chi connectivity index (χ0n) is 41.0. The van der Waals surface area contributed by atoms with Crippen molar-refractivity contribution in [2.24, 2.45) is 5.92 Å². The van der Waals surface area contributed by atoms with Crippen molar-refractivity contribution in [3.05, 3.63) is 149 Å². The van der Waals surface area contributed by atoms with Crippen molar-refractivity contribution in [2.75, 3.05) is 0 Å². The molecule has 7 nitrogen and oxygen atoms in total. The molecule has 0 saturated heterocycles. The van der Waals surface area contributed by atoms with Crippen LogP contribution in [0.3, 0.4) is 0 Å². The molecule has 341 valence electrons. The Morgan fingerprint density at radius 3 is 2.18 bits per heavy atom. The molecule has 9 heteroatoms. The van der Waals surface area contributed by atoms with Crippen molar-refractivity contribution in [3.8, 4) is 39.5 Å². The molecule has 3 aromatic carbocycles. The number of imidazole rings is 1. The van der Waals surface area contributed by atoms with E-state index in [1.54, 1.807) is 0 Å². The zero-order chi connectivity index (χ0) is 46.5. The second-order valence-electron chi connectivity index (χ2n) is 20.5. The molecule has 0 aliphatic rings. The van der Waals surface area contributed by atoms with Gasteiger partial charge in [0, 0.05) is 43.1 Å². The Hall–Kier alpha value is -5.60. The van der Waals surface area contributed by atoms with Crippen LogP contribution >= 0.6 is 0 Å². The third-order valence-corrected chi connectivity index (χ3v) is 14.3. The van der Waals surface area contributed by atoms with Crippen molar-refractivity contribution < 1.29 is 24.5 Å². The summed E-state index contributed by atoms with van der Waals surface area (Å²) in [5, 5.41) is 3.54. The van der Waals surface area contributed by atoms with E-state index in [-0.39, 0.29) is 31.4 Å². The van der Waals surface area contributed by atoms with Gasteiger partial charge >= 0.3 is 0 Å². The summed E-state index contributed by atoms with van der Waals surface area (Å²) in [4.78, 5) is 23.9. The Morgan fingerprint density at radius 1 is 0.788 bits per heavy atom. The average Bonchev–Trinajstić information content (AvgIpc) is 3.84. The second-order valence-corrected chi connectivity index (χ2v) is 25.5. The van der Waals surface area contributed by atoms with Crippen LogP contribution in [0, 0.1) is 45.9 Å². The molecular formula is C57H62IrN6OSi-2. The largest absolute Gasteiger partial charge is 0.482 e. The van der Waals surface area contributed by atoms with Crippen LogP contribution in [0.1, 0.15) is 93.7 Å². The molecule has 66 heavy (non-hydrogen) atoms. The van der Waals surface area contributed by atoms with Gasteiger partial charge in [-0.3, -0.25) is 9.97 Å². The van der Waals surface area contributed by atoms with Gasteiger partial charge in [0.05, 0.1) is 31.1 Å². The molecule has 0 atom stereocenters. The third-order valence-electron chi connectivity index (χ3n) is 12.2. The van der Waals surface area contributed by atoms with E-state index in [1.165, 1.54) is 27.4 Å². The monoisotopic (exact) mass is 1070 g/mol. The van der Waals surface area contributed by atoms with Gasteiger partial charge < -0.3 is 23.9 Å². The summed E-state index contributed by atoms with van der Waals surface area (Å²) in [6.07, 6.45) is 8.39. The van der Waals surface area contributed by atoms with Gasteiger partial charge in [0.25, 0.3) is 0 Å². The van der Waals surface area contributed by atoms with E-state index in [2.05, 4.69) is 189 Å². The number of hydrogen-bond acceptors (Lipinski definition) is 6. The first-order valence-electron chi connectivity index (χ1n) is 22.9. The van der Waals surface area contributed by atoms with Gasteiger partial charge in [-0.2, -0.15) is 0 Å². The predicted molar refractivity (Wildman–Crippen MR) is 273 cm³/mol. The molecule has 9 aromatic rings. The van der Waals surface area contributed by atoms with Gasteiger partial charge in [0.1, 0.15) is 11.3 Å². The molecule has 1 radical (unpaired) electrons. The van der Waals surface area contributed by atoms with Crippen molar-refractivity contribution in [2.45, 2.75) is 114 Å². The van der Waals surface area contributed by atoms with Crippen LogP contribution < -0.4 is 5.19 Å². The minimum atomic E-state index is -1.38. The van der Waals surface area contributed by atoms with E-state index in [0.717, 1.165) is 90.4 Å². The summed E-state index contributed by atoms with van der Waals surface area (Å²) < 4.78 is 8.49. The van der Waals surface area contributed by atoms with E-state index >= 15 is 0 Å². The molecule has 0 bridgehead atoms. The standard InChI is InChI=1S/C38H35N4O.C19H27N2Si.Ir/c1-22(2)30-19-33-31(21-39-30)41-36(27-17-28-34-23(3)13-14-24(4)35(34)43-37(28)40-20-27)42(33)32-16-15-26(18-29(32)38(5,6)7)25-11-9-8-10-12-25;1-13(2)10-16-11-18(20-12-19(16)22(5,6)7)17-9-8-14(3)21-15(17)4;/h8-19,21-22H,1-7H3;8,11-13H,10H2,1-7H3;/q2*-1;. The first-order valence-corrected chi connectivity index (χ1v) is 26.4. The van der Waals surface area contributed by atoms with Crippen LogP contribution in [0.2, 0.25) is 19.6 Å². The molecule has 0 spiro atoms. The summed E-state index contributed by atoms with van der Waals surface area (Å²) in [5.41, 5.74) is 17.5. The number of hydrogen-bond donors (Lipinski definition) is 0. The second kappa shape index (κ2) is 18.9. The van der Waals surface area contributed by atoms with E-state index in [0.29, 0.717) is 11.6 Å². The number of fused-ring (bicyclic) bond motifs is 4. The molecule has 0 amide bonds. The fourth-order valence-electron chi connectivity index (χ4n) is 8.82. The van der Waals surface area contributed by atoms with Crippen molar-refractivity contribution in [1.82, 2.24) is 29.5 Å². The topological polar surface area (TPSA) is 82.5 Å². The average molecular weight is 1070 g/mol.